The highest BCUT2D eigenvalue weighted by atomic mass is 32.1. The van der Waals surface area contributed by atoms with Gasteiger partial charge in [0.05, 0.1) is 23.7 Å². The minimum absolute atomic E-state index is 0.0212. The van der Waals surface area contributed by atoms with Gasteiger partial charge in [-0.1, -0.05) is 18.2 Å². The molecule has 0 spiro atoms. The van der Waals surface area contributed by atoms with Crippen molar-refractivity contribution in [2.75, 3.05) is 37.7 Å². The van der Waals surface area contributed by atoms with E-state index in [1.54, 1.807) is 48.4 Å². The molecule has 5 rings (SSSR count). The number of aliphatic hydroxyl groups is 1. The Bertz CT molecular complexity index is 1560. The highest BCUT2D eigenvalue weighted by Gasteiger charge is 2.31. The Morgan fingerprint density at radius 1 is 1.07 bits per heavy atom. The fourth-order valence-corrected chi connectivity index (χ4v) is 5.56. The van der Waals surface area contributed by atoms with Crippen LogP contribution in [-0.4, -0.2) is 70.5 Å². The van der Waals surface area contributed by atoms with Crippen molar-refractivity contribution >= 4 is 39.9 Å². The summed E-state index contributed by atoms with van der Waals surface area (Å²) in [6, 6.07) is 14.3. The molecule has 0 radical (unpaired) electrons. The van der Waals surface area contributed by atoms with Gasteiger partial charge in [0.25, 0.3) is 11.5 Å². The molecular weight excluding hydrogens is 532 g/mol. The SMILES string of the molecule is CCOC(=O)c1c(N2CCN(C(=O)c3cccs3)CC2)c2cccnc2n(Cc2ccc(OC(C)O)cc2)c1=O. The van der Waals surface area contributed by atoms with Crippen molar-refractivity contribution in [2.45, 2.75) is 26.7 Å². The molecule has 208 valence electrons. The number of aromatic nitrogens is 2. The average Bonchev–Trinajstić information content (AvgIpc) is 3.50. The number of amides is 1. The topological polar surface area (TPSA) is 114 Å². The van der Waals surface area contributed by atoms with Crippen LogP contribution in [0.1, 0.15) is 39.4 Å². The van der Waals surface area contributed by atoms with Gasteiger partial charge in [-0.25, -0.2) is 9.78 Å². The largest absolute Gasteiger partial charge is 0.465 e. The van der Waals surface area contributed by atoms with Gasteiger partial charge < -0.3 is 24.4 Å². The molecule has 3 aromatic heterocycles. The number of ether oxygens (including phenoxy) is 2. The number of piperazine rings is 1. The highest BCUT2D eigenvalue weighted by molar-refractivity contribution is 7.12. The third-order valence-corrected chi connectivity index (χ3v) is 7.52. The molecule has 1 amide bonds. The highest BCUT2D eigenvalue weighted by Crippen LogP contribution is 2.30. The van der Waals surface area contributed by atoms with Gasteiger partial charge >= 0.3 is 5.97 Å². The summed E-state index contributed by atoms with van der Waals surface area (Å²) in [4.78, 5) is 49.1. The van der Waals surface area contributed by atoms with Gasteiger partial charge in [-0.3, -0.25) is 14.2 Å². The lowest BCUT2D eigenvalue weighted by molar-refractivity contribution is -0.000321. The van der Waals surface area contributed by atoms with E-state index in [9.17, 15) is 19.5 Å². The molecule has 11 heteroatoms. The summed E-state index contributed by atoms with van der Waals surface area (Å²) in [6.45, 7) is 5.29. The van der Waals surface area contributed by atoms with E-state index in [2.05, 4.69) is 4.98 Å². The number of carbonyl (C=O) groups is 2. The van der Waals surface area contributed by atoms with Crippen LogP contribution >= 0.6 is 11.3 Å². The zero-order valence-electron chi connectivity index (χ0n) is 22.3. The molecule has 1 aromatic carbocycles. The van der Waals surface area contributed by atoms with E-state index in [0.717, 1.165) is 5.56 Å². The standard InChI is InChI=1S/C29H30N4O6S/c1-3-38-29(37)24-25(31-13-15-32(16-14-31)27(35)23-7-5-17-40-23)22-6-4-12-30-26(22)33(28(24)36)18-20-8-10-21(11-9-20)39-19(2)34/h4-12,17,19,34H,3,13-16,18H2,1-2H3. The van der Waals surface area contributed by atoms with E-state index in [4.69, 9.17) is 9.47 Å². The molecular formula is C29H30N4O6S. The molecule has 1 saturated heterocycles. The molecule has 1 aliphatic heterocycles. The number of anilines is 1. The monoisotopic (exact) mass is 562 g/mol. The number of rotatable bonds is 8. The summed E-state index contributed by atoms with van der Waals surface area (Å²) >= 11 is 1.41. The number of hydrogen-bond donors (Lipinski definition) is 1. The van der Waals surface area contributed by atoms with E-state index >= 15 is 0 Å². The first-order valence-corrected chi connectivity index (χ1v) is 14.0. The van der Waals surface area contributed by atoms with E-state index in [-0.39, 0.29) is 24.6 Å². The molecule has 4 heterocycles. The van der Waals surface area contributed by atoms with Crippen LogP contribution in [0.25, 0.3) is 11.0 Å². The first kappa shape index (κ1) is 27.4. The van der Waals surface area contributed by atoms with Gasteiger partial charge in [0.1, 0.15) is 17.0 Å². The lowest BCUT2D eigenvalue weighted by Gasteiger charge is -2.37. The minimum atomic E-state index is -0.947. The van der Waals surface area contributed by atoms with Crippen molar-refractivity contribution in [3.63, 3.8) is 0 Å². The van der Waals surface area contributed by atoms with Crippen molar-refractivity contribution in [1.82, 2.24) is 14.5 Å². The van der Waals surface area contributed by atoms with Gasteiger partial charge in [-0.2, -0.15) is 0 Å². The van der Waals surface area contributed by atoms with Crippen LogP contribution in [0.5, 0.6) is 5.75 Å². The maximum atomic E-state index is 14.0. The van der Waals surface area contributed by atoms with Crippen LogP contribution in [-0.2, 0) is 11.3 Å². The third-order valence-electron chi connectivity index (χ3n) is 6.66. The quantitative estimate of drug-likeness (QED) is 0.257. The zero-order valence-corrected chi connectivity index (χ0v) is 23.1. The van der Waals surface area contributed by atoms with Crippen LogP contribution in [0.2, 0.25) is 0 Å². The van der Waals surface area contributed by atoms with Gasteiger partial charge in [0, 0.05) is 37.8 Å². The molecule has 0 aliphatic carbocycles. The Morgan fingerprint density at radius 3 is 2.48 bits per heavy atom. The van der Waals surface area contributed by atoms with Crippen molar-refractivity contribution in [3.8, 4) is 5.75 Å². The van der Waals surface area contributed by atoms with Gasteiger partial charge in [0.15, 0.2) is 6.29 Å². The number of thiophene rings is 1. The molecule has 1 N–H and O–H groups in total. The number of benzene rings is 1. The summed E-state index contributed by atoms with van der Waals surface area (Å²) in [5.74, 6) is -0.222. The van der Waals surface area contributed by atoms with Crippen LogP contribution in [0.15, 0.2) is 64.9 Å². The fourth-order valence-electron chi connectivity index (χ4n) is 4.87. The van der Waals surface area contributed by atoms with E-state index in [1.165, 1.54) is 22.8 Å². The lowest BCUT2D eigenvalue weighted by Crippen LogP contribution is -2.49. The maximum Gasteiger partial charge on any atom is 0.345 e. The Balaban J connectivity index is 1.53. The van der Waals surface area contributed by atoms with Gasteiger partial charge in [-0.05, 0) is 55.1 Å². The summed E-state index contributed by atoms with van der Waals surface area (Å²) in [5, 5.41) is 12.0. The molecule has 0 bridgehead atoms. The third kappa shape index (κ3) is 5.56. The Hall–Kier alpha value is -4.22. The first-order valence-electron chi connectivity index (χ1n) is 13.1. The molecule has 1 unspecified atom stereocenters. The van der Waals surface area contributed by atoms with Gasteiger partial charge in [0.2, 0.25) is 0 Å². The van der Waals surface area contributed by atoms with E-state index in [0.29, 0.717) is 53.5 Å². The van der Waals surface area contributed by atoms with Crippen molar-refractivity contribution < 1.29 is 24.2 Å². The lowest BCUT2D eigenvalue weighted by atomic mass is 10.1. The van der Waals surface area contributed by atoms with E-state index < -0.39 is 17.8 Å². The number of hydrogen-bond acceptors (Lipinski definition) is 9. The molecule has 10 nitrogen and oxygen atoms in total. The molecule has 40 heavy (non-hydrogen) atoms. The second kappa shape index (κ2) is 11.9. The molecule has 1 aliphatic rings. The second-order valence-electron chi connectivity index (χ2n) is 9.33. The predicted octanol–water partition coefficient (Wildman–Crippen LogP) is 3.36. The number of esters is 1. The Morgan fingerprint density at radius 2 is 1.82 bits per heavy atom. The number of nitrogens with zero attached hydrogens (tertiary/aromatic N) is 4. The van der Waals surface area contributed by atoms with Crippen LogP contribution in [0.3, 0.4) is 0 Å². The Kier molecular flexibility index (Phi) is 8.13. The summed E-state index contributed by atoms with van der Waals surface area (Å²) < 4.78 is 12.1. The number of fused-ring (bicyclic) bond motifs is 1. The molecule has 1 atom stereocenters. The first-order chi connectivity index (χ1) is 19.4. The van der Waals surface area contributed by atoms with Crippen LogP contribution < -0.4 is 15.2 Å². The van der Waals surface area contributed by atoms with Crippen molar-refractivity contribution in [2.24, 2.45) is 0 Å². The Labute approximate surface area is 235 Å². The number of pyridine rings is 2. The minimum Gasteiger partial charge on any atom is -0.465 e. The van der Waals surface area contributed by atoms with Crippen LogP contribution in [0, 0.1) is 0 Å². The normalized spacial score (nSPS) is 14.3. The molecule has 1 fully saturated rings. The zero-order chi connectivity index (χ0) is 28.2. The fraction of sp³-hybridized carbons (Fsp3) is 0.310. The predicted molar refractivity (Wildman–Crippen MR) is 152 cm³/mol. The average molecular weight is 563 g/mol. The molecule has 0 saturated carbocycles. The number of aliphatic hydroxyl groups excluding tert-OH is 1. The maximum absolute atomic E-state index is 14.0. The van der Waals surface area contributed by atoms with Crippen LogP contribution in [0.4, 0.5) is 5.69 Å². The van der Waals surface area contributed by atoms with Crippen molar-refractivity contribution in [1.29, 1.82) is 0 Å². The summed E-state index contributed by atoms with van der Waals surface area (Å²) in [5.41, 5.74) is 1.16. The molecule has 4 aromatic rings. The van der Waals surface area contributed by atoms with E-state index in [1.807, 2.05) is 28.5 Å². The second-order valence-corrected chi connectivity index (χ2v) is 10.3. The van der Waals surface area contributed by atoms with Gasteiger partial charge in [-0.15, -0.1) is 11.3 Å². The summed E-state index contributed by atoms with van der Waals surface area (Å²) in [6.07, 6.45) is 0.667. The smallest absolute Gasteiger partial charge is 0.345 e. The van der Waals surface area contributed by atoms with Crippen molar-refractivity contribution in [3.05, 3.63) is 86.5 Å². The summed E-state index contributed by atoms with van der Waals surface area (Å²) in [7, 11) is 0. The number of carbonyl (C=O) groups excluding carboxylic acids is 2.